The Labute approximate surface area is 161 Å². The minimum atomic E-state index is -4.49. The van der Waals surface area contributed by atoms with Crippen molar-refractivity contribution in [1.82, 2.24) is 10.5 Å². The SMILES string of the molecule is C.CC(=O)ON1OS(=O)(=O)c2cccc(c2)COC(=O)N[C@H](CCl)CC1=O. The van der Waals surface area contributed by atoms with Gasteiger partial charge in [-0.2, -0.15) is 8.42 Å². The van der Waals surface area contributed by atoms with Gasteiger partial charge in [0.05, 0.1) is 17.4 Å². The minimum Gasteiger partial charge on any atom is -0.445 e. The highest BCUT2D eigenvalue weighted by atomic mass is 35.5. The maximum absolute atomic E-state index is 12.4. The van der Waals surface area contributed by atoms with E-state index in [0.29, 0.717) is 5.56 Å². The number of hydrogen-bond acceptors (Lipinski definition) is 8. The predicted molar refractivity (Wildman–Crippen MR) is 92.5 cm³/mol. The molecule has 1 aliphatic heterocycles. The summed E-state index contributed by atoms with van der Waals surface area (Å²) in [7, 11) is -4.49. The van der Waals surface area contributed by atoms with Gasteiger partial charge in [-0.25, -0.2) is 9.59 Å². The molecule has 0 radical (unpaired) electrons. The topological polar surface area (TPSA) is 128 Å². The van der Waals surface area contributed by atoms with Gasteiger partial charge in [0.1, 0.15) is 6.61 Å². The Kier molecular flexibility index (Phi) is 8.00. The Morgan fingerprint density at radius 3 is 2.74 bits per heavy atom. The van der Waals surface area contributed by atoms with Crippen molar-refractivity contribution < 1.29 is 36.7 Å². The van der Waals surface area contributed by atoms with Crippen LogP contribution >= 0.6 is 11.6 Å². The molecule has 0 spiro atoms. The van der Waals surface area contributed by atoms with Crippen LogP contribution < -0.4 is 5.32 Å². The number of benzene rings is 1. The Hall–Kier alpha value is -2.37. The zero-order valence-electron chi connectivity index (χ0n) is 13.5. The Bertz CT molecular complexity index is 814. The van der Waals surface area contributed by atoms with E-state index in [1.54, 1.807) is 0 Å². The summed E-state index contributed by atoms with van der Waals surface area (Å²) in [5.74, 6) is -2.22. The highest BCUT2D eigenvalue weighted by Gasteiger charge is 2.30. The number of rotatable bonds is 2. The van der Waals surface area contributed by atoms with E-state index in [1.807, 2.05) is 0 Å². The van der Waals surface area contributed by atoms with Crippen molar-refractivity contribution in [2.24, 2.45) is 0 Å². The molecule has 2 rings (SSSR count). The number of fused-ring (bicyclic) bond motifs is 2. The molecule has 1 aliphatic rings. The third-order valence-corrected chi connectivity index (χ3v) is 4.60. The predicted octanol–water partition coefficient (Wildman–Crippen LogP) is 1.49. The summed E-state index contributed by atoms with van der Waals surface area (Å²) in [5.41, 5.74) is 0.358. The molecule has 0 saturated carbocycles. The van der Waals surface area contributed by atoms with Gasteiger partial charge in [0.2, 0.25) is 0 Å². The van der Waals surface area contributed by atoms with Crippen molar-refractivity contribution in [2.75, 3.05) is 5.88 Å². The van der Waals surface area contributed by atoms with Crippen LogP contribution in [-0.2, 0) is 40.2 Å². The zero-order valence-corrected chi connectivity index (χ0v) is 15.1. The molecule has 1 heterocycles. The van der Waals surface area contributed by atoms with Gasteiger partial charge >= 0.3 is 22.2 Å². The first-order valence-corrected chi connectivity index (χ1v) is 9.20. The maximum atomic E-state index is 12.4. The number of cyclic esters (lactones) is 1. The van der Waals surface area contributed by atoms with Crippen molar-refractivity contribution in [3.63, 3.8) is 0 Å². The summed E-state index contributed by atoms with van der Waals surface area (Å²) >= 11 is 5.70. The van der Waals surface area contributed by atoms with E-state index in [9.17, 15) is 22.8 Å². The number of nitrogens with zero attached hydrogens (tertiary/aromatic N) is 1. The average molecular weight is 423 g/mol. The van der Waals surface area contributed by atoms with Gasteiger partial charge in [-0.1, -0.05) is 19.6 Å². The molecule has 0 unspecified atom stereocenters. The van der Waals surface area contributed by atoms with Gasteiger partial charge in [-0.05, 0) is 22.9 Å². The number of hydroxylamine groups is 2. The number of amides is 2. The number of carbonyl (C=O) groups is 3. The van der Waals surface area contributed by atoms with Gasteiger partial charge in [-0.3, -0.25) is 4.79 Å². The second-order valence-corrected chi connectivity index (χ2v) is 7.02. The number of carbonyl (C=O) groups excluding carboxylic acids is 3. The maximum Gasteiger partial charge on any atom is 0.407 e. The van der Waals surface area contributed by atoms with E-state index in [-0.39, 0.29) is 30.0 Å². The van der Waals surface area contributed by atoms with Crippen molar-refractivity contribution in [1.29, 1.82) is 0 Å². The first-order valence-electron chi connectivity index (χ1n) is 7.25. The first-order chi connectivity index (χ1) is 12.2. The quantitative estimate of drug-likeness (QED) is 0.710. The molecule has 12 heteroatoms. The number of halogens is 1. The molecule has 2 amide bonds. The smallest absolute Gasteiger partial charge is 0.407 e. The van der Waals surface area contributed by atoms with Crippen LogP contribution in [-0.4, -0.2) is 43.5 Å². The van der Waals surface area contributed by atoms with Crippen molar-refractivity contribution in [2.45, 2.75) is 38.3 Å². The molecular weight excluding hydrogens is 404 g/mol. The monoisotopic (exact) mass is 422 g/mol. The number of nitrogens with one attached hydrogen (secondary N) is 1. The van der Waals surface area contributed by atoms with Crippen molar-refractivity contribution >= 4 is 39.7 Å². The fourth-order valence-electron chi connectivity index (χ4n) is 1.93. The van der Waals surface area contributed by atoms with E-state index >= 15 is 0 Å². The standard InChI is InChI=1S/C14H15ClN2O8S.CH4/c1-9(18)24-17-13(19)6-11(7-15)16-14(20)23-8-10-3-2-4-12(5-10)26(21,22)25-17;/h2-5,11H,6-8H2,1H3,(H,16,20);1H4/t11-;/m0./s1. The molecule has 0 fully saturated rings. The highest BCUT2D eigenvalue weighted by Crippen LogP contribution is 2.18. The number of ether oxygens (including phenoxy) is 1. The summed E-state index contributed by atoms with van der Waals surface area (Å²) in [5, 5.41) is 2.30. The number of alkyl carbamates (subject to hydrolysis) is 1. The van der Waals surface area contributed by atoms with E-state index in [0.717, 1.165) is 6.92 Å². The largest absolute Gasteiger partial charge is 0.445 e. The lowest BCUT2D eigenvalue weighted by Crippen LogP contribution is -2.43. The number of hydrogen-bond donors (Lipinski definition) is 1. The van der Waals surface area contributed by atoms with Crippen LogP contribution in [0.1, 0.15) is 26.3 Å². The molecule has 1 N–H and O–H groups in total. The van der Waals surface area contributed by atoms with Crippen LogP contribution in [0.2, 0.25) is 0 Å². The Morgan fingerprint density at radius 1 is 1.41 bits per heavy atom. The second kappa shape index (κ2) is 9.53. The van der Waals surface area contributed by atoms with Crippen molar-refractivity contribution in [3.05, 3.63) is 29.8 Å². The van der Waals surface area contributed by atoms with Gasteiger partial charge in [0.15, 0.2) is 0 Å². The molecule has 0 saturated heterocycles. The van der Waals surface area contributed by atoms with Crippen LogP contribution in [0.4, 0.5) is 4.79 Å². The summed E-state index contributed by atoms with van der Waals surface area (Å²) < 4.78 is 34.3. The molecule has 150 valence electrons. The molecule has 0 aliphatic carbocycles. The highest BCUT2D eigenvalue weighted by molar-refractivity contribution is 7.86. The first kappa shape index (κ1) is 22.7. The molecule has 0 aromatic heterocycles. The van der Waals surface area contributed by atoms with E-state index in [1.165, 1.54) is 24.3 Å². The zero-order chi connectivity index (χ0) is 19.3. The van der Waals surface area contributed by atoms with Crippen molar-refractivity contribution in [3.8, 4) is 0 Å². The van der Waals surface area contributed by atoms with Crippen LogP contribution in [0.25, 0.3) is 0 Å². The van der Waals surface area contributed by atoms with Crippen LogP contribution in [0.15, 0.2) is 29.2 Å². The van der Waals surface area contributed by atoms with Crippen LogP contribution in [0.3, 0.4) is 0 Å². The van der Waals surface area contributed by atoms with Crippen LogP contribution in [0.5, 0.6) is 0 Å². The number of alkyl halides is 1. The second-order valence-electron chi connectivity index (χ2n) is 5.19. The molecular formula is C15H19ClN2O8S. The van der Waals surface area contributed by atoms with E-state index < -0.39 is 40.6 Å². The molecule has 1 atom stereocenters. The lowest BCUT2D eigenvalue weighted by Gasteiger charge is -2.21. The summed E-state index contributed by atoms with van der Waals surface area (Å²) in [4.78, 5) is 39.4. The average Bonchev–Trinajstić information content (AvgIpc) is 2.58. The Balaban J connectivity index is 0.00000364. The molecule has 27 heavy (non-hydrogen) atoms. The van der Waals surface area contributed by atoms with Gasteiger partial charge < -0.3 is 14.9 Å². The van der Waals surface area contributed by atoms with Gasteiger partial charge in [0, 0.05) is 12.8 Å². The molecule has 10 nitrogen and oxygen atoms in total. The normalized spacial score (nSPS) is 19.9. The fraction of sp³-hybridized carbons (Fsp3) is 0.400. The Morgan fingerprint density at radius 2 is 2.11 bits per heavy atom. The third kappa shape index (κ3) is 6.38. The lowest BCUT2D eigenvalue weighted by atomic mass is 10.2. The summed E-state index contributed by atoms with van der Waals surface area (Å²) in [6.45, 7) is 0.742. The van der Waals surface area contributed by atoms with Gasteiger partial charge in [-0.15, -0.1) is 15.9 Å². The van der Waals surface area contributed by atoms with Crippen LogP contribution in [0, 0.1) is 0 Å². The van der Waals surface area contributed by atoms with E-state index in [2.05, 4.69) is 14.4 Å². The lowest BCUT2D eigenvalue weighted by molar-refractivity contribution is -0.277. The molecule has 1 aromatic rings. The minimum absolute atomic E-state index is 0. The molecule has 2 bridgehead atoms. The fourth-order valence-corrected chi connectivity index (χ4v) is 3.04. The molecule has 1 aromatic carbocycles. The summed E-state index contributed by atoms with van der Waals surface area (Å²) in [6.07, 6.45) is -1.35. The van der Waals surface area contributed by atoms with Gasteiger partial charge in [0.25, 0.3) is 5.91 Å². The van der Waals surface area contributed by atoms with E-state index in [4.69, 9.17) is 16.3 Å². The third-order valence-electron chi connectivity index (χ3n) is 3.07. The summed E-state index contributed by atoms with van der Waals surface area (Å²) in [6, 6.07) is 4.41.